The lowest BCUT2D eigenvalue weighted by Gasteiger charge is -2.41. The second-order valence-electron chi connectivity index (χ2n) is 6.36. The lowest BCUT2D eigenvalue weighted by atomic mass is 9.75. The second kappa shape index (κ2) is 5.01. The second-order valence-corrected chi connectivity index (χ2v) is 7.27. The molecule has 0 saturated heterocycles. The van der Waals surface area contributed by atoms with E-state index in [0.717, 1.165) is 28.8 Å². The predicted octanol–water partition coefficient (Wildman–Crippen LogP) is 3.46. The highest BCUT2D eigenvalue weighted by atomic mass is 79.9. The van der Waals surface area contributed by atoms with Crippen LogP contribution in [0.3, 0.4) is 0 Å². The molecule has 1 aliphatic heterocycles. The van der Waals surface area contributed by atoms with Gasteiger partial charge in [0.05, 0.1) is 6.67 Å². The standard InChI is InChI=1S/C16H19BrN2O/c1-16(2)7-14-13(15(20)8-16)9-18-10-19(14)12-5-3-11(17)4-6-12/h3-6,18H,7-10H2,1-2H3. The molecular weight excluding hydrogens is 316 g/mol. The maximum absolute atomic E-state index is 12.3. The molecule has 0 radical (unpaired) electrons. The van der Waals surface area contributed by atoms with Gasteiger partial charge < -0.3 is 4.90 Å². The van der Waals surface area contributed by atoms with Gasteiger partial charge in [-0.05, 0) is 36.1 Å². The normalized spacial score (nSPS) is 21.9. The number of Topliss-reactive ketones (excluding diaryl/α,β-unsaturated/α-hetero) is 1. The van der Waals surface area contributed by atoms with Crippen LogP contribution in [0.4, 0.5) is 5.69 Å². The van der Waals surface area contributed by atoms with E-state index in [0.29, 0.717) is 18.7 Å². The average molecular weight is 335 g/mol. The Bertz CT molecular complexity index is 575. The van der Waals surface area contributed by atoms with Gasteiger partial charge in [0, 0.05) is 34.4 Å². The number of anilines is 1. The third kappa shape index (κ3) is 2.54. The number of rotatable bonds is 1. The molecule has 20 heavy (non-hydrogen) atoms. The number of carbonyl (C=O) groups excluding carboxylic acids is 1. The number of allylic oxidation sites excluding steroid dienone is 1. The fraction of sp³-hybridized carbons (Fsp3) is 0.438. The summed E-state index contributed by atoms with van der Waals surface area (Å²) in [6.45, 7) is 5.83. The van der Waals surface area contributed by atoms with Crippen molar-refractivity contribution in [3.63, 3.8) is 0 Å². The number of halogens is 1. The van der Waals surface area contributed by atoms with Gasteiger partial charge in [0.15, 0.2) is 5.78 Å². The highest BCUT2D eigenvalue weighted by molar-refractivity contribution is 9.10. The fourth-order valence-electron chi connectivity index (χ4n) is 3.04. The van der Waals surface area contributed by atoms with E-state index in [4.69, 9.17) is 0 Å². The van der Waals surface area contributed by atoms with Crippen molar-refractivity contribution in [2.24, 2.45) is 5.41 Å². The minimum absolute atomic E-state index is 0.0564. The van der Waals surface area contributed by atoms with Crippen LogP contribution in [0.15, 0.2) is 40.0 Å². The smallest absolute Gasteiger partial charge is 0.162 e. The number of nitrogens with one attached hydrogen (secondary N) is 1. The molecule has 1 aliphatic carbocycles. The van der Waals surface area contributed by atoms with Gasteiger partial charge in [-0.25, -0.2) is 0 Å². The molecule has 0 spiro atoms. The largest absolute Gasteiger partial charge is 0.331 e. The van der Waals surface area contributed by atoms with Gasteiger partial charge in [-0.1, -0.05) is 29.8 Å². The van der Waals surface area contributed by atoms with Crippen molar-refractivity contribution >= 4 is 27.4 Å². The summed E-state index contributed by atoms with van der Waals surface area (Å²) in [5.41, 5.74) is 3.37. The van der Waals surface area contributed by atoms with Crippen molar-refractivity contribution in [2.45, 2.75) is 26.7 Å². The topological polar surface area (TPSA) is 32.3 Å². The Morgan fingerprint density at radius 1 is 1.20 bits per heavy atom. The van der Waals surface area contributed by atoms with Crippen LogP contribution in [0.1, 0.15) is 26.7 Å². The molecule has 0 saturated carbocycles. The predicted molar refractivity (Wildman–Crippen MR) is 84.5 cm³/mol. The molecule has 0 bridgehead atoms. The maximum Gasteiger partial charge on any atom is 0.162 e. The van der Waals surface area contributed by atoms with E-state index < -0.39 is 0 Å². The number of hydrogen-bond acceptors (Lipinski definition) is 3. The van der Waals surface area contributed by atoms with Crippen LogP contribution in [0, 0.1) is 5.41 Å². The molecule has 3 nitrogen and oxygen atoms in total. The summed E-state index contributed by atoms with van der Waals surface area (Å²) >= 11 is 3.47. The molecule has 1 aromatic carbocycles. The average Bonchev–Trinajstić information content (AvgIpc) is 2.38. The monoisotopic (exact) mass is 334 g/mol. The van der Waals surface area contributed by atoms with Crippen molar-refractivity contribution in [1.82, 2.24) is 5.32 Å². The van der Waals surface area contributed by atoms with Crippen LogP contribution in [0.2, 0.25) is 0 Å². The Morgan fingerprint density at radius 3 is 2.60 bits per heavy atom. The first-order valence-corrected chi connectivity index (χ1v) is 7.75. The number of ketones is 1. The number of nitrogens with zero attached hydrogens (tertiary/aromatic N) is 1. The van der Waals surface area contributed by atoms with Crippen molar-refractivity contribution in [2.75, 3.05) is 18.1 Å². The summed E-state index contributed by atoms with van der Waals surface area (Å²) in [5, 5.41) is 3.34. The summed E-state index contributed by atoms with van der Waals surface area (Å²) in [4.78, 5) is 14.6. The minimum Gasteiger partial charge on any atom is -0.331 e. The number of benzene rings is 1. The van der Waals surface area contributed by atoms with Crippen molar-refractivity contribution in [3.8, 4) is 0 Å². The van der Waals surface area contributed by atoms with Crippen LogP contribution in [-0.2, 0) is 4.79 Å². The molecule has 0 atom stereocenters. The zero-order chi connectivity index (χ0) is 14.3. The molecule has 1 heterocycles. The van der Waals surface area contributed by atoms with Crippen LogP contribution >= 0.6 is 15.9 Å². The lowest BCUT2D eigenvalue weighted by Crippen LogP contribution is -2.46. The molecule has 1 aromatic rings. The van der Waals surface area contributed by atoms with E-state index in [2.05, 4.69) is 52.1 Å². The minimum atomic E-state index is 0.0564. The summed E-state index contributed by atoms with van der Waals surface area (Å²) in [6, 6.07) is 8.27. The van der Waals surface area contributed by atoms with Gasteiger partial charge in [-0.2, -0.15) is 0 Å². The van der Waals surface area contributed by atoms with Gasteiger partial charge in [0.2, 0.25) is 0 Å². The fourth-order valence-corrected chi connectivity index (χ4v) is 3.30. The van der Waals surface area contributed by atoms with Crippen LogP contribution < -0.4 is 10.2 Å². The van der Waals surface area contributed by atoms with E-state index >= 15 is 0 Å². The molecule has 4 heteroatoms. The molecule has 0 aromatic heterocycles. The van der Waals surface area contributed by atoms with Crippen molar-refractivity contribution < 1.29 is 4.79 Å². The Balaban J connectivity index is 2.01. The SMILES string of the molecule is CC1(C)CC(=O)C2=C(C1)N(c1ccc(Br)cc1)CNC2. The number of carbonyl (C=O) groups is 1. The molecule has 3 rings (SSSR count). The first-order chi connectivity index (χ1) is 9.46. The van der Waals surface area contributed by atoms with E-state index in [1.807, 2.05) is 12.1 Å². The van der Waals surface area contributed by atoms with Crippen molar-refractivity contribution in [3.05, 3.63) is 40.0 Å². The summed E-state index contributed by atoms with van der Waals surface area (Å²) < 4.78 is 1.07. The van der Waals surface area contributed by atoms with E-state index in [1.54, 1.807) is 0 Å². The quantitative estimate of drug-likeness (QED) is 0.853. The molecular formula is C16H19BrN2O. The summed E-state index contributed by atoms with van der Waals surface area (Å²) in [7, 11) is 0. The summed E-state index contributed by atoms with van der Waals surface area (Å²) in [5.74, 6) is 0.297. The van der Waals surface area contributed by atoms with E-state index in [1.165, 1.54) is 5.70 Å². The van der Waals surface area contributed by atoms with Crippen LogP contribution in [-0.4, -0.2) is 19.0 Å². The Morgan fingerprint density at radius 2 is 1.90 bits per heavy atom. The maximum atomic E-state index is 12.3. The van der Waals surface area contributed by atoms with E-state index in [9.17, 15) is 4.79 Å². The highest BCUT2D eigenvalue weighted by Gasteiger charge is 2.36. The first-order valence-electron chi connectivity index (χ1n) is 6.95. The molecule has 0 fully saturated rings. The van der Waals surface area contributed by atoms with Crippen LogP contribution in [0.25, 0.3) is 0 Å². The zero-order valence-corrected chi connectivity index (χ0v) is 13.5. The lowest BCUT2D eigenvalue weighted by molar-refractivity contribution is -0.118. The molecule has 2 aliphatic rings. The molecule has 0 unspecified atom stereocenters. The Labute approximate surface area is 128 Å². The third-order valence-corrected chi connectivity index (χ3v) is 4.53. The van der Waals surface area contributed by atoms with Crippen molar-refractivity contribution in [1.29, 1.82) is 0 Å². The zero-order valence-electron chi connectivity index (χ0n) is 11.9. The van der Waals surface area contributed by atoms with Gasteiger partial charge in [-0.15, -0.1) is 0 Å². The van der Waals surface area contributed by atoms with Gasteiger partial charge in [0.1, 0.15) is 0 Å². The third-order valence-electron chi connectivity index (χ3n) is 4.01. The van der Waals surface area contributed by atoms with Gasteiger partial charge in [0.25, 0.3) is 0 Å². The Kier molecular flexibility index (Phi) is 3.46. The Hall–Kier alpha value is -1.13. The van der Waals surface area contributed by atoms with Gasteiger partial charge >= 0.3 is 0 Å². The highest BCUT2D eigenvalue weighted by Crippen LogP contribution is 2.40. The molecule has 1 N–H and O–H groups in total. The molecule has 106 valence electrons. The number of hydrogen-bond donors (Lipinski definition) is 1. The van der Waals surface area contributed by atoms with Crippen LogP contribution in [0.5, 0.6) is 0 Å². The van der Waals surface area contributed by atoms with E-state index in [-0.39, 0.29) is 5.41 Å². The summed E-state index contributed by atoms with van der Waals surface area (Å²) in [6.07, 6.45) is 1.62. The van der Waals surface area contributed by atoms with Gasteiger partial charge in [-0.3, -0.25) is 10.1 Å². The first kappa shape index (κ1) is 13.8. The molecule has 0 amide bonds.